The maximum absolute atomic E-state index is 12.8. The topological polar surface area (TPSA) is 105 Å². The lowest BCUT2D eigenvalue weighted by molar-refractivity contribution is -0.870. The van der Waals surface area contributed by atoms with Crippen molar-refractivity contribution in [3.05, 3.63) is 48.6 Å². The smallest absolute Gasteiger partial charge is 0.387 e. The Morgan fingerprint density at radius 2 is 1.05 bits per heavy atom. The molecule has 0 aromatic carbocycles. The van der Waals surface area contributed by atoms with Crippen LogP contribution >= 0.6 is 7.82 Å². The number of hydrogen-bond donors (Lipinski definition) is 3. The van der Waals surface area contributed by atoms with Crippen LogP contribution in [0.5, 0.6) is 0 Å². The number of nitrogens with one attached hydrogen (secondary N) is 1. The van der Waals surface area contributed by atoms with Crippen LogP contribution in [0.3, 0.4) is 0 Å². The van der Waals surface area contributed by atoms with Crippen LogP contribution in [0.4, 0.5) is 0 Å². The lowest BCUT2D eigenvalue weighted by atomic mass is 10.0. The van der Waals surface area contributed by atoms with Gasteiger partial charge in [-0.15, -0.1) is 0 Å². The molecule has 0 aliphatic rings. The monoisotopic (exact) mass is 810 g/mol. The van der Waals surface area contributed by atoms with Crippen molar-refractivity contribution in [3.63, 3.8) is 0 Å². The summed E-state index contributed by atoms with van der Waals surface area (Å²) in [4.78, 5) is 23.0. The molecule has 0 aliphatic carbocycles. The summed E-state index contributed by atoms with van der Waals surface area (Å²) in [6.07, 6.45) is 49.4. The Balaban J connectivity index is 4.17. The molecule has 0 spiro atoms. The Labute approximate surface area is 346 Å². The fourth-order valence-electron chi connectivity index (χ4n) is 6.43. The Bertz CT molecular complexity index is 1050. The second kappa shape index (κ2) is 38.9. The number of nitrogens with zero attached hydrogens (tertiary/aromatic N) is 1. The third kappa shape index (κ3) is 40.6. The van der Waals surface area contributed by atoms with Gasteiger partial charge in [-0.25, -0.2) is 4.57 Å². The highest BCUT2D eigenvalue weighted by Gasteiger charge is 2.27. The third-order valence-corrected chi connectivity index (χ3v) is 11.1. The number of aliphatic hydroxyl groups excluding tert-OH is 1. The van der Waals surface area contributed by atoms with E-state index in [1.54, 1.807) is 6.08 Å². The zero-order valence-corrected chi connectivity index (χ0v) is 38.0. The number of aliphatic hydroxyl groups is 1. The Kier molecular flexibility index (Phi) is 37.9. The van der Waals surface area contributed by atoms with Crippen molar-refractivity contribution >= 4 is 13.7 Å². The van der Waals surface area contributed by atoms with Gasteiger partial charge < -0.3 is 19.8 Å². The second-order valence-electron chi connectivity index (χ2n) is 16.8. The molecular weight excluding hydrogens is 719 g/mol. The average Bonchev–Trinajstić information content (AvgIpc) is 3.15. The van der Waals surface area contributed by atoms with Gasteiger partial charge in [0, 0.05) is 6.42 Å². The zero-order chi connectivity index (χ0) is 41.4. The fraction of sp³-hybridized carbons (Fsp3) is 0.809. The van der Waals surface area contributed by atoms with Gasteiger partial charge in [-0.3, -0.25) is 13.8 Å². The average molecular weight is 810 g/mol. The van der Waals surface area contributed by atoms with E-state index < -0.39 is 20.0 Å². The molecule has 3 N–H and O–H groups in total. The van der Waals surface area contributed by atoms with Crippen LogP contribution in [0, 0.1) is 0 Å². The number of phosphoric ester groups is 1. The molecule has 0 fully saturated rings. The molecule has 3 unspecified atom stereocenters. The summed E-state index contributed by atoms with van der Waals surface area (Å²) in [7, 11) is 1.54. The molecule has 0 rings (SSSR count). The molecule has 0 saturated carbocycles. The van der Waals surface area contributed by atoms with Crippen LogP contribution in [0.2, 0.25) is 0 Å². The van der Waals surface area contributed by atoms with Crippen LogP contribution in [0.1, 0.15) is 194 Å². The van der Waals surface area contributed by atoms with Gasteiger partial charge in [-0.05, 0) is 64.7 Å². The molecule has 0 saturated heterocycles. The first kappa shape index (κ1) is 54.5. The van der Waals surface area contributed by atoms with E-state index in [2.05, 4.69) is 42.6 Å². The second-order valence-corrected chi connectivity index (χ2v) is 18.2. The van der Waals surface area contributed by atoms with E-state index in [1.165, 1.54) is 128 Å². The minimum atomic E-state index is -4.34. The number of quaternary nitrogens is 1. The number of likely N-dealkylation sites (N-methyl/N-ethyl adjacent to an activating group) is 1. The summed E-state index contributed by atoms with van der Waals surface area (Å²) in [6, 6.07) is -0.868. The molecule has 3 atom stereocenters. The van der Waals surface area contributed by atoms with E-state index in [0.717, 1.165) is 44.9 Å². The van der Waals surface area contributed by atoms with E-state index in [0.29, 0.717) is 17.4 Å². The molecule has 0 aliphatic heterocycles. The predicted molar refractivity (Wildman–Crippen MR) is 240 cm³/mol. The molecule has 0 radical (unpaired) electrons. The minimum Gasteiger partial charge on any atom is -0.387 e. The van der Waals surface area contributed by atoms with Gasteiger partial charge in [0.1, 0.15) is 13.2 Å². The number of carbonyl (C=O) groups is 1. The Morgan fingerprint density at radius 1 is 0.625 bits per heavy atom. The highest BCUT2D eigenvalue weighted by molar-refractivity contribution is 7.47. The predicted octanol–water partition coefficient (Wildman–Crippen LogP) is 12.9. The molecule has 56 heavy (non-hydrogen) atoms. The van der Waals surface area contributed by atoms with Crippen LogP contribution < -0.4 is 5.32 Å². The Hall–Kier alpha value is -1.54. The van der Waals surface area contributed by atoms with Crippen LogP contribution in [0.25, 0.3) is 0 Å². The number of hydrogen-bond acceptors (Lipinski definition) is 5. The molecule has 8 nitrogen and oxygen atoms in total. The quantitative estimate of drug-likeness (QED) is 0.0246. The number of rotatable bonds is 41. The van der Waals surface area contributed by atoms with Crippen LogP contribution in [0.15, 0.2) is 48.6 Å². The molecular formula is C47H90N2O6P+. The summed E-state index contributed by atoms with van der Waals surface area (Å²) in [5, 5.41) is 13.7. The molecule has 0 heterocycles. The van der Waals surface area contributed by atoms with Gasteiger partial charge in [0.05, 0.1) is 39.9 Å². The normalized spacial score (nSPS) is 14.8. The van der Waals surface area contributed by atoms with E-state index in [9.17, 15) is 19.4 Å². The van der Waals surface area contributed by atoms with Crippen LogP contribution in [-0.4, -0.2) is 73.4 Å². The Morgan fingerprint density at radius 3 is 1.54 bits per heavy atom. The van der Waals surface area contributed by atoms with Crippen molar-refractivity contribution < 1.29 is 32.9 Å². The number of allylic oxidation sites excluding steroid dienone is 7. The lowest BCUT2D eigenvalue weighted by Crippen LogP contribution is -2.45. The van der Waals surface area contributed by atoms with Crippen molar-refractivity contribution in [2.75, 3.05) is 40.9 Å². The highest BCUT2D eigenvalue weighted by atomic mass is 31.2. The minimum absolute atomic E-state index is 0.0518. The van der Waals surface area contributed by atoms with Crippen molar-refractivity contribution in [2.24, 2.45) is 0 Å². The number of phosphoric acid groups is 1. The molecule has 0 aromatic rings. The molecule has 0 aromatic heterocycles. The fourth-order valence-corrected chi connectivity index (χ4v) is 7.16. The van der Waals surface area contributed by atoms with E-state index >= 15 is 0 Å². The lowest BCUT2D eigenvalue weighted by Gasteiger charge is -2.25. The van der Waals surface area contributed by atoms with Gasteiger partial charge >= 0.3 is 7.82 Å². The van der Waals surface area contributed by atoms with Gasteiger partial charge in [-0.2, -0.15) is 0 Å². The number of carbonyl (C=O) groups excluding carboxylic acids is 1. The standard InChI is InChI=1S/C47H89N2O6P/c1-6-8-10-12-14-16-17-18-19-20-21-22-23-24-25-26-27-28-29-30-31-33-35-37-39-41-47(51)48-45(44-55-56(52,53)54-43-42-49(3,4)5)46(50)40-38-36-34-32-15-13-11-9-7-2/h7,9,15,24-25,32,38,40,45-46,50H,6,8,10-14,16-23,26-31,33-37,39,41-44H2,1-5H3,(H-,48,51,52,53)/p+1/b9-7+,25-24-,32-15+,40-38+. The van der Waals surface area contributed by atoms with Crippen molar-refractivity contribution in [2.45, 2.75) is 206 Å². The first-order chi connectivity index (χ1) is 27.0. The van der Waals surface area contributed by atoms with E-state index in [1.807, 2.05) is 40.2 Å². The maximum atomic E-state index is 12.8. The van der Waals surface area contributed by atoms with Gasteiger partial charge in [0.15, 0.2) is 0 Å². The largest absolute Gasteiger partial charge is 0.472 e. The maximum Gasteiger partial charge on any atom is 0.472 e. The van der Waals surface area contributed by atoms with Crippen LogP contribution in [-0.2, 0) is 18.4 Å². The van der Waals surface area contributed by atoms with E-state index in [-0.39, 0.29) is 19.1 Å². The SMILES string of the molecule is C/C=C/CC/C=C/CC/C=C/C(O)C(COP(=O)(O)OCC[N+](C)(C)C)NC(=O)CCCCCCCCCCC/C=C\CCCCCCCCCCCCCC. The van der Waals surface area contributed by atoms with Gasteiger partial charge in [-0.1, -0.05) is 171 Å². The van der Waals surface area contributed by atoms with E-state index in [4.69, 9.17) is 9.05 Å². The molecule has 9 heteroatoms. The number of amides is 1. The van der Waals surface area contributed by atoms with Crippen molar-refractivity contribution in [1.29, 1.82) is 0 Å². The van der Waals surface area contributed by atoms with Gasteiger partial charge in [0.25, 0.3) is 0 Å². The summed E-state index contributed by atoms with van der Waals surface area (Å²) in [6.45, 7) is 4.54. The summed E-state index contributed by atoms with van der Waals surface area (Å²) in [5.74, 6) is -0.197. The first-order valence-electron chi connectivity index (χ1n) is 23.0. The summed E-state index contributed by atoms with van der Waals surface area (Å²) < 4.78 is 23.4. The van der Waals surface area contributed by atoms with Crippen molar-refractivity contribution in [1.82, 2.24) is 5.32 Å². The molecule has 1 amide bonds. The first-order valence-corrected chi connectivity index (χ1v) is 24.5. The summed E-state index contributed by atoms with van der Waals surface area (Å²) in [5.41, 5.74) is 0. The molecule has 328 valence electrons. The highest BCUT2D eigenvalue weighted by Crippen LogP contribution is 2.43. The zero-order valence-electron chi connectivity index (χ0n) is 37.1. The third-order valence-electron chi connectivity index (χ3n) is 10.1. The molecule has 0 bridgehead atoms. The number of unbranched alkanes of at least 4 members (excludes halogenated alkanes) is 23. The van der Waals surface area contributed by atoms with Gasteiger partial charge in [0.2, 0.25) is 5.91 Å². The summed E-state index contributed by atoms with van der Waals surface area (Å²) >= 11 is 0. The van der Waals surface area contributed by atoms with Crippen molar-refractivity contribution in [3.8, 4) is 0 Å².